The van der Waals surface area contributed by atoms with Gasteiger partial charge in [0.1, 0.15) is 24.8 Å². The number of ketones is 1. The molecule has 2 saturated heterocycles. The van der Waals surface area contributed by atoms with Gasteiger partial charge in [-0.25, -0.2) is 4.39 Å². The molecule has 0 radical (unpaired) electrons. The Bertz CT molecular complexity index is 1160. The van der Waals surface area contributed by atoms with Gasteiger partial charge in [-0.3, -0.25) is 14.5 Å². The summed E-state index contributed by atoms with van der Waals surface area (Å²) in [5, 5.41) is 11.2. The van der Waals surface area contributed by atoms with Gasteiger partial charge in [-0.1, -0.05) is 18.2 Å². The number of morpholine rings is 1. The minimum Gasteiger partial charge on any atom is -0.507 e. The van der Waals surface area contributed by atoms with E-state index >= 15 is 0 Å². The van der Waals surface area contributed by atoms with Crippen molar-refractivity contribution in [1.82, 2.24) is 9.80 Å². The third kappa shape index (κ3) is 4.61. The second-order valence-corrected chi connectivity index (χ2v) is 8.68. The summed E-state index contributed by atoms with van der Waals surface area (Å²) in [6.45, 7) is 4.68. The number of benzene rings is 2. The van der Waals surface area contributed by atoms with E-state index in [2.05, 4.69) is 4.90 Å². The Hall–Kier alpha value is -3.43. The van der Waals surface area contributed by atoms with E-state index in [1.54, 1.807) is 30.3 Å². The fourth-order valence-electron chi connectivity index (χ4n) is 4.77. The first-order chi connectivity index (χ1) is 17.0. The molecule has 0 spiro atoms. The number of aliphatic hydroxyl groups is 1. The number of fused-ring (bicyclic) bond motifs is 1. The summed E-state index contributed by atoms with van der Waals surface area (Å²) < 4.78 is 31.4. The number of ether oxygens (including phenoxy) is 3. The Morgan fingerprint density at radius 1 is 0.971 bits per heavy atom. The molecule has 2 aromatic carbocycles. The molecule has 0 aliphatic carbocycles. The number of halogens is 1. The van der Waals surface area contributed by atoms with Crippen molar-refractivity contribution in [2.45, 2.75) is 12.5 Å². The molecule has 5 rings (SSSR count). The topological polar surface area (TPSA) is 88.5 Å². The van der Waals surface area contributed by atoms with Gasteiger partial charge in [-0.05, 0) is 30.7 Å². The summed E-state index contributed by atoms with van der Waals surface area (Å²) in [5.74, 6) is -1.55. The van der Waals surface area contributed by atoms with Crippen molar-refractivity contribution in [2.75, 3.05) is 52.6 Å². The first-order valence-electron chi connectivity index (χ1n) is 11.8. The SMILES string of the molecule is O=C1C(=O)N(CCCN2CCOCC2)[C@H](c2ccccc2F)/C1=C(\O)c1ccc2c(c1)OCCO2. The first-order valence-corrected chi connectivity index (χ1v) is 11.8. The molecule has 1 amide bonds. The van der Waals surface area contributed by atoms with Crippen molar-refractivity contribution in [3.63, 3.8) is 0 Å². The summed E-state index contributed by atoms with van der Waals surface area (Å²) in [4.78, 5) is 29.9. The molecular formula is C26H27FN2O6. The van der Waals surface area contributed by atoms with Crippen LogP contribution in [0.2, 0.25) is 0 Å². The Balaban J connectivity index is 1.49. The second kappa shape index (κ2) is 10.1. The number of nitrogens with zero attached hydrogens (tertiary/aromatic N) is 2. The highest BCUT2D eigenvalue weighted by Crippen LogP contribution is 2.41. The fourth-order valence-corrected chi connectivity index (χ4v) is 4.77. The molecule has 2 fully saturated rings. The number of carbonyl (C=O) groups is 2. The highest BCUT2D eigenvalue weighted by molar-refractivity contribution is 6.46. The highest BCUT2D eigenvalue weighted by atomic mass is 19.1. The van der Waals surface area contributed by atoms with E-state index in [4.69, 9.17) is 14.2 Å². The number of carbonyl (C=O) groups excluding carboxylic acids is 2. The third-order valence-electron chi connectivity index (χ3n) is 6.53. The lowest BCUT2D eigenvalue weighted by Gasteiger charge is -2.29. The lowest BCUT2D eigenvalue weighted by atomic mass is 9.94. The number of rotatable bonds is 6. The van der Waals surface area contributed by atoms with Gasteiger partial charge < -0.3 is 24.2 Å². The number of likely N-dealkylation sites (tertiary alicyclic amines) is 1. The normalized spacial score (nSPS) is 22.0. The molecule has 0 unspecified atom stereocenters. The van der Waals surface area contributed by atoms with E-state index in [-0.39, 0.29) is 23.4 Å². The minimum absolute atomic E-state index is 0.136. The third-order valence-corrected chi connectivity index (χ3v) is 6.53. The van der Waals surface area contributed by atoms with E-state index in [0.29, 0.717) is 49.9 Å². The Kier molecular flexibility index (Phi) is 6.70. The number of hydrogen-bond acceptors (Lipinski definition) is 7. The van der Waals surface area contributed by atoms with E-state index < -0.39 is 23.5 Å². The summed E-state index contributed by atoms with van der Waals surface area (Å²) in [7, 11) is 0. The van der Waals surface area contributed by atoms with Crippen LogP contribution in [-0.2, 0) is 14.3 Å². The molecule has 3 heterocycles. The zero-order valence-electron chi connectivity index (χ0n) is 19.2. The Labute approximate surface area is 202 Å². The van der Waals surface area contributed by atoms with Gasteiger partial charge in [0.05, 0.1) is 24.8 Å². The summed E-state index contributed by atoms with van der Waals surface area (Å²) in [5.41, 5.74) is 0.322. The molecular weight excluding hydrogens is 455 g/mol. The maximum Gasteiger partial charge on any atom is 0.295 e. The lowest BCUT2D eigenvalue weighted by Crippen LogP contribution is -2.39. The summed E-state index contributed by atoms with van der Waals surface area (Å²) >= 11 is 0. The van der Waals surface area contributed by atoms with Crippen LogP contribution in [0, 0.1) is 5.82 Å². The van der Waals surface area contributed by atoms with Crippen LogP contribution in [0.4, 0.5) is 4.39 Å². The molecule has 35 heavy (non-hydrogen) atoms. The molecule has 3 aliphatic rings. The molecule has 8 nitrogen and oxygen atoms in total. The van der Waals surface area contributed by atoms with Crippen LogP contribution < -0.4 is 9.47 Å². The number of hydrogen-bond donors (Lipinski definition) is 1. The maximum atomic E-state index is 14.9. The van der Waals surface area contributed by atoms with Crippen LogP contribution in [0.15, 0.2) is 48.0 Å². The standard InChI is InChI=1S/C26H27FN2O6/c27-19-5-2-1-4-18(19)23-22(24(30)17-6-7-20-21(16-17)35-15-14-34-20)25(31)26(32)29(23)9-3-8-28-10-12-33-13-11-28/h1-2,4-7,16,23,30H,3,8-15H2/b24-22+/t23-/m1/s1. The molecule has 1 atom stereocenters. The lowest BCUT2D eigenvalue weighted by molar-refractivity contribution is -0.140. The van der Waals surface area contributed by atoms with Crippen LogP contribution in [-0.4, -0.2) is 79.2 Å². The molecule has 0 bridgehead atoms. The largest absolute Gasteiger partial charge is 0.507 e. The van der Waals surface area contributed by atoms with Crippen molar-refractivity contribution in [1.29, 1.82) is 0 Å². The number of Topliss-reactive ketones (excluding diaryl/α,β-unsaturated/α-hetero) is 1. The molecule has 9 heteroatoms. The van der Waals surface area contributed by atoms with E-state index in [1.807, 2.05) is 0 Å². The van der Waals surface area contributed by atoms with Crippen molar-refractivity contribution in [3.8, 4) is 11.5 Å². The van der Waals surface area contributed by atoms with Gasteiger partial charge in [0.2, 0.25) is 0 Å². The van der Waals surface area contributed by atoms with Crippen molar-refractivity contribution in [3.05, 3.63) is 65.0 Å². The number of amides is 1. The fraction of sp³-hybridized carbons (Fsp3) is 0.385. The summed E-state index contributed by atoms with van der Waals surface area (Å²) in [6.07, 6.45) is 0.599. The molecule has 2 aromatic rings. The zero-order chi connectivity index (χ0) is 24.4. The van der Waals surface area contributed by atoms with Gasteiger partial charge in [-0.15, -0.1) is 0 Å². The van der Waals surface area contributed by atoms with Crippen molar-refractivity contribution >= 4 is 17.4 Å². The predicted octanol–water partition coefficient (Wildman–Crippen LogP) is 2.74. The van der Waals surface area contributed by atoms with E-state index in [1.165, 1.54) is 17.0 Å². The predicted molar refractivity (Wildman–Crippen MR) is 125 cm³/mol. The molecule has 1 N–H and O–H groups in total. The molecule has 0 saturated carbocycles. The van der Waals surface area contributed by atoms with E-state index in [0.717, 1.165) is 19.6 Å². The van der Waals surface area contributed by atoms with E-state index in [9.17, 15) is 19.1 Å². The van der Waals surface area contributed by atoms with Gasteiger partial charge in [0, 0.05) is 37.3 Å². The summed E-state index contributed by atoms with van der Waals surface area (Å²) in [6, 6.07) is 9.78. The average molecular weight is 483 g/mol. The highest BCUT2D eigenvalue weighted by Gasteiger charge is 2.46. The van der Waals surface area contributed by atoms with Crippen molar-refractivity contribution in [2.24, 2.45) is 0 Å². The van der Waals surface area contributed by atoms with Gasteiger partial charge in [-0.2, -0.15) is 0 Å². The zero-order valence-corrected chi connectivity index (χ0v) is 19.2. The van der Waals surface area contributed by atoms with Crippen LogP contribution in [0.3, 0.4) is 0 Å². The monoisotopic (exact) mass is 482 g/mol. The quantitative estimate of drug-likeness (QED) is 0.385. The molecule has 184 valence electrons. The maximum absolute atomic E-state index is 14.9. The molecule has 0 aromatic heterocycles. The number of aliphatic hydroxyl groups excluding tert-OH is 1. The Morgan fingerprint density at radius 3 is 2.49 bits per heavy atom. The first kappa shape index (κ1) is 23.3. The minimum atomic E-state index is -1.03. The van der Waals surface area contributed by atoms with Gasteiger partial charge in [0.25, 0.3) is 11.7 Å². The van der Waals surface area contributed by atoms with Gasteiger partial charge >= 0.3 is 0 Å². The van der Waals surface area contributed by atoms with Crippen LogP contribution >= 0.6 is 0 Å². The smallest absolute Gasteiger partial charge is 0.295 e. The van der Waals surface area contributed by atoms with Gasteiger partial charge in [0.15, 0.2) is 11.5 Å². The van der Waals surface area contributed by atoms with Crippen LogP contribution in [0.5, 0.6) is 11.5 Å². The van der Waals surface area contributed by atoms with Crippen molar-refractivity contribution < 1.29 is 33.3 Å². The molecule has 3 aliphatic heterocycles. The van der Waals surface area contributed by atoms with Crippen LogP contribution in [0.25, 0.3) is 5.76 Å². The second-order valence-electron chi connectivity index (χ2n) is 8.68. The average Bonchev–Trinajstić information content (AvgIpc) is 3.14. The Morgan fingerprint density at radius 2 is 1.71 bits per heavy atom. The van der Waals surface area contributed by atoms with Crippen LogP contribution in [0.1, 0.15) is 23.6 Å².